The van der Waals surface area contributed by atoms with Crippen LogP contribution in [0.2, 0.25) is 0 Å². The number of aromatic amines is 2. The Kier molecular flexibility index (Phi) is 6.95. The highest BCUT2D eigenvalue weighted by atomic mass is 16.4. The lowest BCUT2D eigenvalue weighted by Gasteiger charge is -2.21. The number of benzene rings is 4. The van der Waals surface area contributed by atoms with Crippen LogP contribution in [0, 0.1) is 0 Å². The molecule has 51 heavy (non-hydrogen) atoms. The molecular formula is C39H34N8O4. The normalized spacial score (nSPS) is 16.2. The van der Waals surface area contributed by atoms with Gasteiger partial charge in [0.1, 0.15) is 17.4 Å². The van der Waals surface area contributed by atoms with Gasteiger partial charge >= 0.3 is 5.97 Å². The Morgan fingerprint density at radius 3 is 2.24 bits per heavy atom. The predicted molar refractivity (Wildman–Crippen MR) is 197 cm³/mol. The highest BCUT2D eigenvalue weighted by Gasteiger charge is 2.38. The molecule has 4 N–H and O–H groups in total. The summed E-state index contributed by atoms with van der Waals surface area (Å²) in [7, 11) is 3.98. The van der Waals surface area contributed by atoms with Crippen molar-refractivity contribution in [3.8, 4) is 0 Å². The quantitative estimate of drug-likeness (QED) is 0.140. The summed E-state index contributed by atoms with van der Waals surface area (Å²) >= 11 is 0. The standard InChI is InChI=1S/C39H34N8O4/c1-45(2)24-6-3-22(4-7-24)43-44-23-5-8-29-21(17-23)18-32(40-29)37(48)46-15-13-25-27-19-33(41-30(27)9-11-35(25)46)38(49)47-16-14-26-28-20-34(39(50)51)42-31(28)10-12-36(26)47/h3-12,17-18,20,33,40-42H,13-16,19H2,1-2H3,(H,50,51)/b44-43+. The molecule has 1 atom stereocenters. The SMILES string of the molecule is CN(C)c1ccc(/N=N/c2ccc3[nH]c(C(=O)N4CCc5c4ccc4c5CC(C(=O)N5CCc6c5ccc5[nH]c(C(=O)O)cc65)N4)cc3c2)cc1. The number of hydrogen-bond acceptors (Lipinski definition) is 7. The van der Waals surface area contributed by atoms with Crippen molar-refractivity contribution in [2.24, 2.45) is 10.2 Å². The topological polar surface area (TPSA) is 149 Å². The average Bonchev–Trinajstić information content (AvgIpc) is 3.97. The minimum atomic E-state index is -1.01. The Morgan fingerprint density at radius 2 is 1.43 bits per heavy atom. The second kappa shape index (κ2) is 11.6. The molecule has 0 spiro atoms. The van der Waals surface area contributed by atoms with Crippen molar-refractivity contribution in [2.45, 2.75) is 25.3 Å². The number of aromatic carboxylic acids is 1. The van der Waals surface area contributed by atoms with Gasteiger partial charge in [0, 0.05) is 78.2 Å². The molecule has 0 aliphatic carbocycles. The summed E-state index contributed by atoms with van der Waals surface area (Å²) in [6, 6.07) is 24.3. The predicted octanol–water partition coefficient (Wildman–Crippen LogP) is 6.96. The molecule has 12 heteroatoms. The van der Waals surface area contributed by atoms with Crippen molar-refractivity contribution in [3.05, 3.63) is 107 Å². The lowest BCUT2D eigenvalue weighted by atomic mass is 10.0. The summed E-state index contributed by atoms with van der Waals surface area (Å²) < 4.78 is 0. The maximum absolute atomic E-state index is 13.9. The fraction of sp³-hybridized carbons (Fsp3) is 0.205. The minimum absolute atomic E-state index is 0.0165. The average molecular weight is 679 g/mol. The van der Waals surface area contributed by atoms with Gasteiger partial charge in [0.15, 0.2) is 0 Å². The number of anilines is 4. The lowest BCUT2D eigenvalue weighted by molar-refractivity contribution is -0.119. The molecule has 6 aromatic rings. The number of carbonyl (C=O) groups excluding carboxylic acids is 2. The molecule has 1 unspecified atom stereocenters. The zero-order valence-electron chi connectivity index (χ0n) is 28.0. The third-order valence-electron chi connectivity index (χ3n) is 10.3. The first-order chi connectivity index (χ1) is 24.7. The van der Waals surface area contributed by atoms with Crippen LogP contribution in [0.25, 0.3) is 21.8 Å². The van der Waals surface area contributed by atoms with Crippen LogP contribution in [0.15, 0.2) is 89.1 Å². The molecule has 0 saturated heterocycles. The van der Waals surface area contributed by atoms with Gasteiger partial charge in [-0.05, 0) is 108 Å². The number of hydrogen-bond donors (Lipinski definition) is 4. The summed E-state index contributed by atoms with van der Waals surface area (Å²) in [6.45, 7) is 1.09. The molecule has 5 heterocycles. The number of carboxylic acid groups (broad SMARTS) is 1. The third-order valence-corrected chi connectivity index (χ3v) is 10.3. The van der Waals surface area contributed by atoms with Gasteiger partial charge in [-0.3, -0.25) is 9.59 Å². The van der Waals surface area contributed by atoms with Gasteiger partial charge in [0.05, 0.1) is 11.4 Å². The van der Waals surface area contributed by atoms with Crippen molar-refractivity contribution >= 4 is 73.7 Å². The van der Waals surface area contributed by atoms with Crippen LogP contribution in [0.5, 0.6) is 0 Å². The number of carboxylic acids is 1. The summed E-state index contributed by atoms with van der Waals surface area (Å²) in [4.78, 5) is 51.2. The lowest BCUT2D eigenvalue weighted by Crippen LogP contribution is -2.41. The highest BCUT2D eigenvalue weighted by Crippen LogP contribution is 2.41. The molecule has 0 saturated carbocycles. The van der Waals surface area contributed by atoms with Gasteiger partial charge in [-0.15, -0.1) is 0 Å². The number of azo groups is 1. The zero-order chi connectivity index (χ0) is 35.0. The molecule has 0 radical (unpaired) electrons. The van der Waals surface area contributed by atoms with E-state index in [9.17, 15) is 19.5 Å². The molecule has 3 aliphatic heterocycles. The molecule has 254 valence electrons. The van der Waals surface area contributed by atoms with E-state index in [1.54, 1.807) is 6.07 Å². The van der Waals surface area contributed by atoms with Gasteiger partial charge in [-0.2, -0.15) is 10.2 Å². The molecule has 4 aromatic carbocycles. The smallest absolute Gasteiger partial charge is 0.352 e. The van der Waals surface area contributed by atoms with E-state index in [1.165, 1.54) is 0 Å². The van der Waals surface area contributed by atoms with E-state index >= 15 is 0 Å². The monoisotopic (exact) mass is 678 g/mol. The van der Waals surface area contributed by atoms with E-state index in [2.05, 4.69) is 25.5 Å². The fourth-order valence-electron chi connectivity index (χ4n) is 7.75. The van der Waals surface area contributed by atoms with Crippen LogP contribution in [-0.4, -0.2) is 66.1 Å². The van der Waals surface area contributed by atoms with Crippen molar-refractivity contribution in [1.29, 1.82) is 0 Å². The van der Waals surface area contributed by atoms with Crippen molar-refractivity contribution in [2.75, 3.05) is 47.2 Å². The van der Waals surface area contributed by atoms with Gasteiger partial charge in [-0.25, -0.2) is 4.79 Å². The number of aromatic nitrogens is 2. The van der Waals surface area contributed by atoms with E-state index in [1.807, 2.05) is 102 Å². The van der Waals surface area contributed by atoms with Crippen LogP contribution in [-0.2, 0) is 24.1 Å². The molecule has 12 nitrogen and oxygen atoms in total. The van der Waals surface area contributed by atoms with Crippen molar-refractivity contribution in [3.63, 3.8) is 0 Å². The second-order valence-corrected chi connectivity index (χ2v) is 13.5. The van der Waals surface area contributed by atoms with E-state index in [0.717, 1.165) is 66.9 Å². The van der Waals surface area contributed by atoms with Crippen LogP contribution < -0.4 is 20.0 Å². The first kappa shape index (κ1) is 30.6. The zero-order valence-corrected chi connectivity index (χ0v) is 28.0. The van der Waals surface area contributed by atoms with E-state index in [0.29, 0.717) is 43.7 Å². The molecule has 0 bridgehead atoms. The summed E-state index contributed by atoms with van der Waals surface area (Å²) in [6.07, 6.45) is 1.90. The van der Waals surface area contributed by atoms with Gasteiger partial charge in [0.25, 0.3) is 5.91 Å². The largest absolute Gasteiger partial charge is 0.477 e. The fourth-order valence-corrected chi connectivity index (χ4v) is 7.75. The molecular weight excluding hydrogens is 644 g/mol. The first-order valence-corrected chi connectivity index (χ1v) is 17.0. The number of carbonyl (C=O) groups is 3. The summed E-state index contributed by atoms with van der Waals surface area (Å²) in [5, 5.41) is 23.4. The van der Waals surface area contributed by atoms with E-state index < -0.39 is 12.0 Å². The van der Waals surface area contributed by atoms with Crippen molar-refractivity contribution in [1.82, 2.24) is 9.97 Å². The van der Waals surface area contributed by atoms with Gasteiger partial charge in [0.2, 0.25) is 5.91 Å². The number of nitrogens with one attached hydrogen (secondary N) is 3. The summed E-state index contributed by atoms with van der Waals surface area (Å²) in [5.74, 6) is -1.13. The van der Waals surface area contributed by atoms with E-state index in [-0.39, 0.29) is 17.5 Å². The number of nitrogens with zero attached hydrogens (tertiary/aromatic N) is 5. The number of H-pyrrole nitrogens is 2. The molecule has 9 rings (SSSR count). The van der Waals surface area contributed by atoms with E-state index in [4.69, 9.17) is 0 Å². The Bertz CT molecular complexity index is 2460. The van der Waals surface area contributed by atoms with Crippen molar-refractivity contribution < 1.29 is 19.5 Å². The molecule has 2 aromatic heterocycles. The maximum atomic E-state index is 13.9. The maximum Gasteiger partial charge on any atom is 0.352 e. The van der Waals surface area contributed by atoms with Crippen LogP contribution in [0.4, 0.5) is 34.1 Å². The molecule has 3 aliphatic rings. The van der Waals surface area contributed by atoms with Gasteiger partial charge in [-0.1, -0.05) is 0 Å². The number of amides is 2. The van der Waals surface area contributed by atoms with Crippen LogP contribution in [0.1, 0.15) is 37.7 Å². The third kappa shape index (κ3) is 5.09. The minimum Gasteiger partial charge on any atom is -0.477 e. The van der Waals surface area contributed by atoms with Gasteiger partial charge < -0.3 is 35.1 Å². The Labute approximate surface area is 292 Å². The Morgan fingerprint density at radius 1 is 0.745 bits per heavy atom. The Balaban J connectivity index is 0.912. The number of rotatable bonds is 6. The van der Waals surface area contributed by atoms with Crippen LogP contribution >= 0.6 is 0 Å². The first-order valence-electron chi connectivity index (χ1n) is 17.0. The highest BCUT2D eigenvalue weighted by molar-refractivity contribution is 6.10. The second-order valence-electron chi connectivity index (χ2n) is 13.5. The summed E-state index contributed by atoms with van der Waals surface area (Å²) in [5.41, 5.74) is 10.6. The van der Waals surface area contributed by atoms with Crippen LogP contribution in [0.3, 0.4) is 0 Å². The molecule has 2 amide bonds. The Hall–Kier alpha value is -6.43. The molecule has 0 fully saturated rings. The number of fused-ring (bicyclic) bond motifs is 7.